The molecule has 3 rings (SSSR count). The van der Waals surface area contributed by atoms with E-state index in [9.17, 15) is 0 Å². The highest BCUT2D eigenvalue weighted by molar-refractivity contribution is 7.99. The predicted octanol–water partition coefficient (Wildman–Crippen LogP) is 3.67. The van der Waals surface area contributed by atoms with Gasteiger partial charge in [-0.25, -0.2) is 9.97 Å². The van der Waals surface area contributed by atoms with Crippen molar-refractivity contribution in [1.82, 2.24) is 9.97 Å². The first-order chi connectivity index (χ1) is 9.24. The second-order valence-electron chi connectivity index (χ2n) is 4.24. The van der Waals surface area contributed by atoms with Crippen LogP contribution < -0.4 is 5.73 Å². The fourth-order valence-corrected chi connectivity index (χ4v) is 2.72. The highest BCUT2D eigenvalue weighted by Gasteiger charge is 2.08. The quantitative estimate of drug-likeness (QED) is 0.720. The van der Waals surface area contributed by atoms with Crippen molar-refractivity contribution in [1.29, 1.82) is 0 Å². The van der Waals surface area contributed by atoms with Gasteiger partial charge in [0.2, 0.25) is 0 Å². The number of para-hydroxylation sites is 3. The molecular formula is C15H13N3S. The van der Waals surface area contributed by atoms with Crippen LogP contribution in [-0.2, 0) is 0 Å². The van der Waals surface area contributed by atoms with E-state index in [1.807, 2.05) is 55.5 Å². The van der Waals surface area contributed by atoms with E-state index < -0.39 is 0 Å². The zero-order valence-electron chi connectivity index (χ0n) is 10.5. The molecule has 0 saturated carbocycles. The first kappa shape index (κ1) is 12.0. The summed E-state index contributed by atoms with van der Waals surface area (Å²) in [6.45, 7) is 1.97. The zero-order chi connectivity index (χ0) is 13.2. The number of nitrogen functional groups attached to an aromatic ring is 1. The molecule has 0 spiro atoms. The van der Waals surface area contributed by atoms with Gasteiger partial charge in [-0.1, -0.05) is 36.0 Å². The van der Waals surface area contributed by atoms with Gasteiger partial charge in [-0.3, -0.25) is 0 Å². The molecule has 0 aliphatic carbocycles. The number of nitrogens with two attached hydrogens (primary N) is 1. The summed E-state index contributed by atoms with van der Waals surface area (Å²) in [5, 5.41) is 0.900. The number of nitrogens with zero attached hydrogens (tertiary/aromatic N) is 2. The van der Waals surface area contributed by atoms with E-state index in [2.05, 4.69) is 9.97 Å². The molecule has 0 unspecified atom stereocenters. The molecule has 0 aliphatic heterocycles. The van der Waals surface area contributed by atoms with Crippen LogP contribution in [-0.4, -0.2) is 9.97 Å². The molecule has 3 nitrogen and oxygen atoms in total. The number of aryl methyl sites for hydroxylation is 1. The minimum atomic E-state index is 0.766. The molecule has 0 amide bonds. The maximum Gasteiger partial charge on any atom is 0.123 e. The number of benzene rings is 2. The highest BCUT2D eigenvalue weighted by atomic mass is 32.2. The van der Waals surface area contributed by atoms with Gasteiger partial charge >= 0.3 is 0 Å². The fourth-order valence-electron chi connectivity index (χ4n) is 1.85. The smallest absolute Gasteiger partial charge is 0.123 e. The van der Waals surface area contributed by atoms with Crippen molar-refractivity contribution in [2.24, 2.45) is 0 Å². The van der Waals surface area contributed by atoms with Crippen LogP contribution in [0.1, 0.15) is 5.69 Å². The van der Waals surface area contributed by atoms with Crippen molar-refractivity contribution in [3.63, 3.8) is 0 Å². The summed E-state index contributed by atoms with van der Waals surface area (Å²) in [6, 6.07) is 15.7. The Morgan fingerprint density at radius 2 is 1.53 bits per heavy atom. The zero-order valence-corrected chi connectivity index (χ0v) is 11.3. The van der Waals surface area contributed by atoms with Crippen LogP contribution in [0.2, 0.25) is 0 Å². The molecule has 0 bridgehead atoms. The molecule has 19 heavy (non-hydrogen) atoms. The van der Waals surface area contributed by atoms with Crippen molar-refractivity contribution in [2.45, 2.75) is 16.8 Å². The fraction of sp³-hybridized carbons (Fsp3) is 0.0667. The molecular weight excluding hydrogens is 254 g/mol. The number of hydrogen-bond donors (Lipinski definition) is 1. The van der Waals surface area contributed by atoms with Gasteiger partial charge in [-0.2, -0.15) is 0 Å². The summed E-state index contributed by atoms with van der Waals surface area (Å²) in [4.78, 5) is 10.2. The Labute approximate surface area is 115 Å². The van der Waals surface area contributed by atoms with Gasteiger partial charge in [-0.15, -0.1) is 0 Å². The second kappa shape index (κ2) is 4.90. The van der Waals surface area contributed by atoms with Gasteiger partial charge in [-0.05, 0) is 31.2 Å². The lowest BCUT2D eigenvalue weighted by molar-refractivity contribution is 1.04. The van der Waals surface area contributed by atoms with Gasteiger partial charge in [0.25, 0.3) is 0 Å². The third-order valence-corrected chi connectivity index (χ3v) is 4.00. The van der Waals surface area contributed by atoms with Crippen molar-refractivity contribution < 1.29 is 0 Å². The molecule has 0 fully saturated rings. The molecule has 0 radical (unpaired) electrons. The minimum Gasteiger partial charge on any atom is -0.398 e. The second-order valence-corrected chi connectivity index (χ2v) is 5.27. The number of fused-ring (bicyclic) bond motifs is 1. The maximum absolute atomic E-state index is 5.96. The topological polar surface area (TPSA) is 51.8 Å². The molecule has 3 aromatic rings. The molecule has 2 aromatic carbocycles. The van der Waals surface area contributed by atoms with Gasteiger partial charge in [0, 0.05) is 10.6 Å². The van der Waals surface area contributed by atoms with E-state index in [1.165, 1.54) is 0 Å². The summed E-state index contributed by atoms with van der Waals surface area (Å²) in [7, 11) is 0. The van der Waals surface area contributed by atoms with Crippen molar-refractivity contribution >= 4 is 28.5 Å². The highest BCUT2D eigenvalue weighted by Crippen LogP contribution is 2.32. The van der Waals surface area contributed by atoms with Crippen LogP contribution in [0.4, 0.5) is 5.69 Å². The van der Waals surface area contributed by atoms with Crippen molar-refractivity contribution in [3.05, 3.63) is 54.2 Å². The van der Waals surface area contributed by atoms with Gasteiger partial charge in [0.15, 0.2) is 0 Å². The Kier molecular flexibility index (Phi) is 3.09. The Hall–Kier alpha value is -2.07. The first-order valence-electron chi connectivity index (χ1n) is 6.00. The average Bonchev–Trinajstić information content (AvgIpc) is 2.42. The third-order valence-electron chi connectivity index (χ3n) is 2.83. The Morgan fingerprint density at radius 3 is 2.26 bits per heavy atom. The average molecular weight is 267 g/mol. The monoisotopic (exact) mass is 267 g/mol. The summed E-state index contributed by atoms with van der Waals surface area (Å²) in [5.74, 6) is 0. The summed E-state index contributed by atoms with van der Waals surface area (Å²) in [5.41, 5.74) is 9.48. The predicted molar refractivity (Wildman–Crippen MR) is 79.3 cm³/mol. The van der Waals surface area contributed by atoms with Gasteiger partial charge < -0.3 is 5.73 Å². The molecule has 2 N–H and O–H groups in total. The van der Waals surface area contributed by atoms with E-state index in [0.717, 1.165) is 32.3 Å². The minimum absolute atomic E-state index is 0.766. The normalized spacial score (nSPS) is 10.8. The van der Waals surface area contributed by atoms with Crippen LogP contribution in [0.15, 0.2) is 58.5 Å². The van der Waals surface area contributed by atoms with Crippen LogP contribution in [0.25, 0.3) is 11.0 Å². The van der Waals surface area contributed by atoms with Crippen molar-refractivity contribution in [3.8, 4) is 0 Å². The lowest BCUT2D eigenvalue weighted by Crippen LogP contribution is -1.94. The van der Waals surface area contributed by atoms with Crippen LogP contribution in [0.3, 0.4) is 0 Å². The van der Waals surface area contributed by atoms with E-state index in [4.69, 9.17) is 5.73 Å². The lowest BCUT2D eigenvalue weighted by Gasteiger charge is -2.07. The van der Waals surface area contributed by atoms with Crippen molar-refractivity contribution in [2.75, 3.05) is 5.73 Å². The van der Waals surface area contributed by atoms with Gasteiger partial charge in [0.1, 0.15) is 5.03 Å². The number of rotatable bonds is 2. The molecule has 0 atom stereocenters. The van der Waals surface area contributed by atoms with Crippen LogP contribution in [0, 0.1) is 6.92 Å². The standard InChI is InChI=1S/C15H13N3S/c1-10-15(19-14-9-5-2-6-11(14)16)18-13-8-4-3-7-12(13)17-10/h2-9H,16H2,1H3. The Bertz CT molecular complexity index is 740. The molecule has 0 aliphatic rings. The van der Waals surface area contributed by atoms with E-state index in [0.29, 0.717) is 0 Å². The lowest BCUT2D eigenvalue weighted by atomic mass is 10.3. The summed E-state index contributed by atoms with van der Waals surface area (Å²) in [6.07, 6.45) is 0. The summed E-state index contributed by atoms with van der Waals surface area (Å²) < 4.78 is 0. The molecule has 4 heteroatoms. The maximum atomic E-state index is 5.96. The largest absolute Gasteiger partial charge is 0.398 e. The number of anilines is 1. The van der Waals surface area contributed by atoms with E-state index >= 15 is 0 Å². The van der Waals surface area contributed by atoms with E-state index in [-0.39, 0.29) is 0 Å². The Morgan fingerprint density at radius 1 is 0.895 bits per heavy atom. The van der Waals surface area contributed by atoms with Crippen LogP contribution >= 0.6 is 11.8 Å². The van der Waals surface area contributed by atoms with Crippen LogP contribution in [0.5, 0.6) is 0 Å². The van der Waals surface area contributed by atoms with E-state index in [1.54, 1.807) is 11.8 Å². The first-order valence-corrected chi connectivity index (χ1v) is 6.81. The Balaban J connectivity index is 2.06. The summed E-state index contributed by atoms with van der Waals surface area (Å²) >= 11 is 1.56. The molecule has 1 aromatic heterocycles. The van der Waals surface area contributed by atoms with Gasteiger partial charge in [0.05, 0.1) is 16.7 Å². The number of hydrogen-bond acceptors (Lipinski definition) is 4. The molecule has 0 saturated heterocycles. The molecule has 1 heterocycles. The molecule has 94 valence electrons. The third kappa shape index (κ3) is 2.39. The number of aromatic nitrogens is 2. The SMILES string of the molecule is Cc1nc2ccccc2nc1Sc1ccccc1N.